The Labute approximate surface area is 112 Å². The van der Waals surface area contributed by atoms with Crippen molar-refractivity contribution in [3.63, 3.8) is 0 Å². The van der Waals surface area contributed by atoms with Gasteiger partial charge in [0, 0.05) is 25.4 Å². The first-order valence-corrected chi connectivity index (χ1v) is 6.16. The SMILES string of the molecule is CC(=O)Nc1ccc(CNc2cnccc2C)cc1. The lowest BCUT2D eigenvalue weighted by molar-refractivity contribution is -0.114. The van der Waals surface area contributed by atoms with Crippen molar-refractivity contribution in [2.45, 2.75) is 20.4 Å². The van der Waals surface area contributed by atoms with Gasteiger partial charge < -0.3 is 10.6 Å². The third kappa shape index (κ3) is 3.81. The Morgan fingerprint density at radius 1 is 1.21 bits per heavy atom. The quantitative estimate of drug-likeness (QED) is 0.883. The second kappa shape index (κ2) is 6.00. The normalized spacial score (nSPS) is 10.0. The lowest BCUT2D eigenvalue weighted by Gasteiger charge is -2.09. The van der Waals surface area contributed by atoms with E-state index in [0.717, 1.165) is 23.5 Å². The molecule has 4 heteroatoms. The zero-order valence-corrected chi connectivity index (χ0v) is 11.1. The molecule has 0 atom stereocenters. The van der Waals surface area contributed by atoms with Crippen molar-refractivity contribution in [3.05, 3.63) is 53.9 Å². The van der Waals surface area contributed by atoms with E-state index < -0.39 is 0 Å². The zero-order chi connectivity index (χ0) is 13.7. The molecule has 0 unspecified atom stereocenters. The average molecular weight is 255 g/mol. The number of pyridine rings is 1. The molecule has 0 saturated heterocycles. The first kappa shape index (κ1) is 13.1. The Bertz CT molecular complexity index is 564. The fourth-order valence-electron chi connectivity index (χ4n) is 1.76. The Hall–Kier alpha value is -2.36. The van der Waals surface area contributed by atoms with Gasteiger partial charge in [-0.15, -0.1) is 0 Å². The van der Waals surface area contributed by atoms with Crippen LogP contribution in [0.4, 0.5) is 11.4 Å². The predicted molar refractivity (Wildman–Crippen MR) is 77.0 cm³/mol. The summed E-state index contributed by atoms with van der Waals surface area (Å²) in [7, 11) is 0. The fourth-order valence-corrected chi connectivity index (χ4v) is 1.76. The van der Waals surface area contributed by atoms with Gasteiger partial charge in [0.15, 0.2) is 0 Å². The van der Waals surface area contributed by atoms with E-state index in [-0.39, 0.29) is 5.91 Å². The van der Waals surface area contributed by atoms with Crippen LogP contribution in [-0.4, -0.2) is 10.9 Å². The molecular weight excluding hydrogens is 238 g/mol. The third-order valence-electron chi connectivity index (χ3n) is 2.80. The summed E-state index contributed by atoms with van der Waals surface area (Å²) in [6.07, 6.45) is 3.60. The Morgan fingerprint density at radius 2 is 1.95 bits per heavy atom. The number of hydrogen-bond acceptors (Lipinski definition) is 3. The minimum absolute atomic E-state index is 0.0585. The van der Waals surface area contributed by atoms with E-state index >= 15 is 0 Å². The van der Waals surface area contributed by atoms with Crippen LogP contribution in [0.2, 0.25) is 0 Å². The summed E-state index contributed by atoms with van der Waals surface area (Å²) in [5.41, 5.74) is 4.17. The molecule has 1 aromatic heterocycles. The molecule has 4 nitrogen and oxygen atoms in total. The van der Waals surface area contributed by atoms with E-state index in [1.807, 2.05) is 43.5 Å². The molecule has 0 bridgehead atoms. The number of carbonyl (C=O) groups excluding carboxylic acids is 1. The number of nitrogens with zero attached hydrogens (tertiary/aromatic N) is 1. The van der Waals surface area contributed by atoms with Crippen LogP contribution in [0, 0.1) is 6.92 Å². The van der Waals surface area contributed by atoms with E-state index in [1.54, 1.807) is 6.20 Å². The van der Waals surface area contributed by atoms with Gasteiger partial charge in [-0.3, -0.25) is 9.78 Å². The number of rotatable bonds is 4. The molecule has 1 heterocycles. The minimum atomic E-state index is -0.0585. The summed E-state index contributed by atoms with van der Waals surface area (Å²) in [6, 6.07) is 9.75. The monoisotopic (exact) mass is 255 g/mol. The van der Waals surface area contributed by atoms with E-state index in [9.17, 15) is 4.79 Å². The predicted octanol–water partition coefficient (Wildman–Crippen LogP) is 2.96. The first-order chi connectivity index (χ1) is 9.15. The van der Waals surface area contributed by atoms with Crippen LogP contribution in [0.3, 0.4) is 0 Å². The van der Waals surface area contributed by atoms with Crippen molar-refractivity contribution in [1.82, 2.24) is 4.98 Å². The van der Waals surface area contributed by atoms with E-state index in [2.05, 4.69) is 15.6 Å². The number of aryl methyl sites for hydroxylation is 1. The molecule has 1 amide bonds. The molecule has 19 heavy (non-hydrogen) atoms. The smallest absolute Gasteiger partial charge is 0.221 e. The third-order valence-corrected chi connectivity index (χ3v) is 2.80. The molecule has 98 valence electrons. The molecule has 0 aliphatic carbocycles. The lowest BCUT2D eigenvalue weighted by Crippen LogP contribution is -2.06. The maximum absolute atomic E-state index is 10.9. The summed E-state index contributed by atoms with van der Waals surface area (Å²) in [5.74, 6) is -0.0585. The first-order valence-electron chi connectivity index (χ1n) is 6.16. The molecule has 0 aliphatic rings. The van der Waals surface area contributed by atoms with Crippen molar-refractivity contribution in [2.75, 3.05) is 10.6 Å². The summed E-state index contributed by atoms with van der Waals surface area (Å²) in [6.45, 7) is 4.28. The maximum atomic E-state index is 10.9. The highest BCUT2D eigenvalue weighted by Gasteiger charge is 1.99. The molecule has 0 radical (unpaired) electrons. The molecule has 0 aliphatic heterocycles. The zero-order valence-electron chi connectivity index (χ0n) is 11.1. The summed E-state index contributed by atoms with van der Waals surface area (Å²) in [5, 5.41) is 6.09. The molecule has 1 aromatic carbocycles. The van der Waals surface area contributed by atoms with Gasteiger partial charge in [-0.25, -0.2) is 0 Å². The molecular formula is C15H17N3O. The number of carbonyl (C=O) groups is 1. The van der Waals surface area contributed by atoms with Gasteiger partial charge in [0.1, 0.15) is 0 Å². The highest BCUT2D eigenvalue weighted by Crippen LogP contribution is 2.14. The van der Waals surface area contributed by atoms with Gasteiger partial charge in [0.2, 0.25) is 5.91 Å². The molecule has 0 spiro atoms. The van der Waals surface area contributed by atoms with Crippen molar-refractivity contribution >= 4 is 17.3 Å². The van der Waals surface area contributed by atoms with Crippen molar-refractivity contribution < 1.29 is 4.79 Å². The van der Waals surface area contributed by atoms with Crippen molar-refractivity contribution in [2.24, 2.45) is 0 Å². The topological polar surface area (TPSA) is 54.0 Å². The average Bonchev–Trinajstić information content (AvgIpc) is 2.39. The van der Waals surface area contributed by atoms with Crippen LogP contribution in [0.25, 0.3) is 0 Å². The summed E-state index contributed by atoms with van der Waals surface area (Å²) < 4.78 is 0. The Kier molecular flexibility index (Phi) is 4.13. The molecule has 2 aromatic rings. The highest BCUT2D eigenvalue weighted by atomic mass is 16.1. The van der Waals surface area contributed by atoms with Crippen LogP contribution in [0.5, 0.6) is 0 Å². The summed E-state index contributed by atoms with van der Waals surface area (Å²) in [4.78, 5) is 15.0. The van der Waals surface area contributed by atoms with Crippen LogP contribution in [-0.2, 0) is 11.3 Å². The molecule has 0 fully saturated rings. The lowest BCUT2D eigenvalue weighted by atomic mass is 10.2. The highest BCUT2D eigenvalue weighted by molar-refractivity contribution is 5.88. The van der Waals surface area contributed by atoms with E-state index in [4.69, 9.17) is 0 Å². The van der Waals surface area contributed by atoms with Gasteiger partial charge in [-0.05, 0) is 36.2 Å². The largest absolute Gasteiger partial charge is 0.380 e. The van der Waals surface area contributed by atoms with Gasteiger partial charge in [-0.1, -0.05) is 12.1 Å². The number of anilines is 2. The van der Waals surface area contributed by atoms with E-state index in [1.165, 1.54) is 12.5 Å². The number of aromatic nitrogens is 1. The fraction of sp³-hybridized carbons (Fsp3) is 0.200. The van der Waals surface area contributed by atoms with Gasteiger partial charge >= 0.3 is 0 Å². The minimum Gasteiger partial charge on any atom is -0.380 e. The van der Waals surface area contributed by atoms with Crippen molar-refractivity contribution in [1.29, 1.82) is 0 Å². The van der Waals surface area contributed by atoms with Crippen LogP contribution in [0.15, 0.2) is 42.7 Å². The van der Waals surface area contributed by atoms with Crippen molar-refractivity contribution in [3.8, 4) is 0 Å². The number of benzene rings is 1. The summed E-state index contributed by atoms with van der Waals surface area (Å²) >= 11 is 0. The Morgan fingerprint density at radius 3 is 2.58 bits per heavy atom. The molecule has 2 rings (SSSR count). The van der Waals surface area contributed by atoms with E-state index in [0.29, 0.717) is 0 Å². The van der Waals surface area contributed by atoms with Crippen LogP contribution in [0.1, 0.15) is 18.1 Å². The molecule has 0 saturated carbocycles. The number of amides is 1. The second-order valence-corrected chi connectivity index (χ2v) is 4.42. The number of hydrogen-bond donors (Lipinski definition) is 2. The Balaban J connectivity index is 1.97. The van der Waals surface area contributed by atoms with Gasteiger partial charge in [0.05, 0.1) is 11.9 Å². The number of nitrogens with one attached hydrogen (secondary N) is 2. The molecule has 2 N–H and O–H groups in total. The standard InChI is InChI=1S/C15H17N3O/c1-11-7-8-16-10-15(11)17-9-13-3-5-14(6-4-13)18-12(2)19/h3-8,10,17H,9H2,1-2H3,(H,18,19). The van der Waals surface area contributed by atoms with Crippen LogP contribution < -0.4 is 10.6 Å². The van der Waals surface area contributed by atoms with Gasteiger partial charge in [-0.2, -0.15) is 0 Å². The second-order valence-electron chi connectivity index (χ2n) is 4.42. The van der Waals surface area contributed by atoms with Crippen LogP contribution >= 0.6 is 0 Å². The van der Waals surface area contributed by atoms with Gasteiger partial charge in [0.25, 0.3) is 0 Å². The maximum Gasteiger partial charge on any atom is 0.221 e.